The topological polar surface area (TPSA) is 81.2 Å². The van der Waals surface area contributed by atoms with Gasteiger partial charge in [0.2, 0.25) is 0 Å². The minimum Gasteiger partial charge on any atom is -0.490 e. The first-order chi connectivity index (χ1) is 10.0. The van der Waals surface area contributed by atoms with Crippen LogP contribution in [0.1, 0.15) is 23.9 Å². The van der Waals surface area contributed by atoms with E-state index < -0.39 is 0 Å². The normalized spacial score (nSPS) is 10.2. The molecule has 110 valence electrons. The molecule has 0 amide bonds. The van der Waals surface area contributed by atoms with Crippen LogP contribution < -0.4 is 15.2 Å². The van der Waals surface area contributed by atoms with Crippen LogP contribution in [0.5, 0.6) is 17.2 Å². The lowest BCUT2D eigenvalue weighted by Gasteiger charge is -2.15. The Hall–Kier alpha value is -2.56. The number of amidine groups is 1. The molecule has 0 unspecified atom stereocenters. The number of hydrogen-bond donors (Lipinski definition) is 2. The van der Waals surface area contributed by atoms with Crippen LogP contribution in [-0.2, 0) is 0 Å². The van der Waals surface area contributed by atoms with Crippen LogP contribution in [0.2, 0.25) is 0 Å². The van der Waals surface area contributed by atoms with Gasteiger partial charge in [-0.05, 0) is 32.9 Å². The fraction of sp³-hybridized carbons (Fsp3) is 0.250. The Kier molecular flexibility index (Phi) is 4.42. The number of rotatable bonds is 5. The first-order valence-electron chi connectivity index (χ1n) is 6.75. The number of nitrogen functional groups attached to an aromatic ring is 1. The van der Waals surface area contributed by atoms with Crippen molar-refractivity contribution in [1.29, 1.82) is 5.41 Å². The Morgan fingerprint density at radius 2 is 1.86 bits per heavy atom. The van der Waals surface area contributed by atoms with Crippen molar-refractivity contribution < 1.29 is 9.47 Å². The van der Waals surface area contributed by atoms with Gasteiger partial charge in [-0.1, -0.05) is 12.1 Å². The molecule has 1 heterocycles. The summed E-state index contributed by atoms with van der Waals surface area (Å²) in [6.45, 7) is 6.15. The van der Waals surface area contributed by atoms with Gasteiger partial charge in [0.15, 0.2) is 11.5 Å². The molecule has 0 spiro atoms. The SMILES string of the molecule is CCOc1ccccc1Oc1cc(C)nc(C)c1C(=N)N. The highest BCUT2D eigenvalue weighted by Crippen LogP contribution is 2.33. The van der Waals surface area contributed by atoms with Crippen molar-refractivity contribution in [2.24, 2.45) is 5.73 Å². The second-order valence-electron chi connectivity index (χ2n) is 4.62. The number of para-hydroxylation sites is 2. The molecule has 1 aromatic carbocycles. The van der Waals surface area contributed by atoms with Gasteiger partial charge < -0.3 is 15.2 Å². The molecule has 0 radical (unpaired) electrons. The average Bonchev–Trinajstić information content (AvgIpc) is 2.40. The maximum atomic E-state index is 7.71. The van der Waals surface area contributed by atoms with Crippen LogP contribution in [0.15, 0.2) is 30.3 Å². The highest BCUT2D eigenvalue weighted by atomic mass is 16.5. The third-order valence-corrected chi connectivity index (χ3v) is 2.93. The molecule has 0 fully saturated rings. The molecule has 1 aromatic heterocycles. The summed E-state index contributed by atoms with van der Waals surface area (Å²) in [5.74, 6) is 1.69. The highest BCUT2D eigenvalue weighted by molar-refractivity contribution is 5.98. The molecule has 0 aliphatic carbocycles. The van der Waals surface area contributed by atoms with Gasteiger partial charge in [-0.3, -0.25) is 10.4 Å². The fourth-order valence-corrected chi connectivity index (χ4v) is 2.13. The second kappa shape index (κ2) is 6.26. The summed E-state index contributed by atoms with van der Waals surface area (Å²) < 4.78 is 11.5. The van der Waals surface area contributed by atoms with E-state index in [0.29, 0.717) is 35.1 Å². The van der Waals surface area contributed by atoms with Crippen molar-refractivity contribution >= 4 is 5.84 Å². The van der Waals surface area contributed by atoms with E-state index in [0.717, 1.165) is 5.69 Å². The fourth-order valence-electron chi connectivity index (χ4n) is 2.13. The summed E-state index contributed by atoms with van der Waals surface area (Å²) >= 11 is 0. The molecule has 2 rings (SSSR count). The van der Waals surface area contributed by atoms with E-state index in [9.17, 15) is 0 Å². The standard InChI is InChI=1S/C16H19N3O2/c1-4-20-12-7-5-6-8-13(12)21-14-9-10(2)19-11(3)15(14)16(17)18/h5-9H,4H2,1-3H3,(H3,17,18). The van der Waals surface area contributed by atoms with Crippen molar-refractivity contribution in [3.8, 4) is 17.2 Å². The summed E-state index contributed by atoms with van der Waals surface area (Å²) in [6.07, 6.45) is 0. The summed E-state index contributed by atoms with van der Waals surface area (Å²) in [7, 11) is 0. The molecule has 0 saturated carbocycles. The molecule has 5 heteroatoms. The van der Waals surface area contributed by atoms with Crippen molar-refractivity contribution in [3.05, 3.63) is 47.3 Å². The van der Waals surface area contributed by atoms with Gasteiger partial charge in [0.25, 0.3) is 0 Å². The Bertz CT molecular complexity index is 669. The quantitative estimate of drug-likeness (QED) is 0.653. The lowest BCUT2D eigenvalue weighted by atomic mass is 10.1. The van der Waals surface area contributed by atoms with Gasteiger partial charge in [-0.25, -0.2) is 0 Å². The average molecular weight is 285 g/mol. The number of aromatic nitrogens is 1. The number of aryl methyl sites for hydroxylation is 2. The van der Waals surface area contributed by atoms with E-state index in [4.69, 9.17) is 20.6 Å². The van der Waals surface area contributed by atoms with E-state index in [2.05, 4.69) is 4.98 Å². The Balaban J connectivity index is 2.47. The smallest absolute Gasteiger partial charge is 0.169 e. The van der Waals surface area contributed by atoms with Crippen LogP contribution in [0, 0.1) is 19.3 Å². The second-order valence-corrected chi connectivity index (χ2v) is 4.62. The third kappa shape index (κ3) is 3.31. The van der Waals surface area contributed by atoms with E-state index in [1.165, 1.54) is 0 Å². The third-order valence-electron chi connectivity index (χ3n) is 2.93. The van der Waals surface area contributed by atoms with Crippen LogP contribution in [0.3, 0.4) is 0 Å². The molecule has 5 nitrogen and oxygen atoms in total. The van der Waals surface area contributed by atoms with Crippen LogP contribution in [0.4, 0.5) is 0 Å². The Morgan fingerprint density at radius 1 is 1.19 bits per heavy atom. The minimum absolute atomic E-state index is 0.0658. The molecule has 0 aliphatic rings. The molecular weight excluding hydrogens is 266 g/mol. The first-order valence-corrected chi connectivity index (χ1v) is 6.75. The molecule has 0 saturated heterocycles. The molecule has 0 bridgehead atoms. The van der Waals surface area contributed by atoms with E-state index in [-0.39, 0.29) is 5.84 Å². The highest BCUT2D eigenvalue weighted by Gasteiger charge is 2.15. The monoisotopic (exact) mass is 285 g/mol. The van der Waals surface area contributed by atoms with Gasteiger partial charge in [-0.15, -0.1) is 0 Å². The molecule has 3 N–H and O–H groups in total. The summed E-state index contributed by atoms with van der Waals surface area (Å²) in [6, 6.07) is 9.18. The zero-order valence-corrected chi connectivity index (χ0v) is 12.4. The van der Waals surface area contributed by atoms with Crippen molar-refractivity contribution in [2.75, 3.05) is 6.61 Å². The number of nitrogens with two attached hydrogens (primary N) is 1. The Labute approximate surface area is 124 Å². The van der Waals surface area contributed by atoms with Crippen molar-refractivity contribution in [3.63, 3.8) is 0 Å². The maximum Gasteiger partial charge on any atom is 0.169 e. The van der Waals surface area contributed by atoms with Gasteiger partial charge in [0.1, 0.15) is 11.6 Å². The van der Waals surface area contributed by atoms with Crippen LogP contribution in [-0.4, -0.2) is 17.4 Å². The lowest BCUT2D eigenvalue weighted by Crippen LogP contribution is -2.15. The number of nitrogens with zero attached hydrogens (tertiary/aromatic N) is 1. The number of benzene rings is 1. The predicted octanol–water partition coefficient (Wildman–Crippen LogP) is 3.17. The van der Waals surface area contributed by atoms with Gasteiger partial charge >= 0.3 is 0 Å². The first kappa shape index (κ1) is 14.8. The molecule has 2 aromatic rings. The molecule has 0 atom stereocenters. The predicted molar refractivity (Wildman–Crippen MR) is 82.4 cm³/mol. The van der Waals surface area contributed by atoms with Crippen molar-refractivity contribution in [2.45, 2.75) is 20.8 Å². The molecule has 21 heavy (non-hydrogen) atoms. The summed E-state index contributed by atoms with van der Waals surface area (Å²) in [5, 5.41) is 7.71. The summed E-state index contributed by atoms with van der Waals surface area (Å²) in [4.78, 5) is 4.32. The minimum atomic E-state index is -0.0658. The van der Waals surface area contributed by atoms with Crippen molar-refractivity contribution in [1.82, 2.24) is 4.98 Å². The largest absolute Gasteiger partial charge is 0.490 e. The van der Waals surface area contributed by atoms with E-state index >= 15 is 0 Å². The number of nitrogens with one attached hydrogen (secondary N) is 1. The molecular formula is C16H19N3O2. The number of ether oxygens (including phenoxy) is 2. The lowest BCUT2D eigenvalue weighted by molar-refractivity contribution is 0.321. The zero-order chi connectivity index (χ0) is 15.4. The van der Waals surface area contributed by atoms with Gasteiger partial charge in [0, 0.05) is 11.8 Å². The van der Waals surface area contributed by atoms with Gasteiger partial charge in [0.05, 0.1) is 17.9 Å². The molecule has 0 aliphatic heterocycles. The number of pyridine rings is 1. The number of hydrogen-bond acceptors (Lipinski definition) is 4. The maximum absolute atomic E-state index is 7.71. The van der Waals surface area contributed by atoms with Crippen LogP contribution >= 0.6 is 0 Å². The van der Waals surface area contributed by atoms with E-state index in [1.807, 2.05) is 45.0 Å². The van der Waals surface area contributed by atoms with E-state index in [1.54, 1.807) is 6.07 Å². The Morgan fingerprint density at radius 3 is 2.48 bits per heavy atom. The van der Waals surface area contributed by atoms with Crippen LogP contribution in [0.25, 0.3) is 0 Å². The zero-order valence-electron chi connectivity index (χ0n) is 12.4. The summed E-state index contributed by atoms with van der Waals surface area (Å²) in [5.41, 5.74) is 7.63. The van der Waals surface area contributed by atoms with Gasteiger partial charge in [-0.2, -0.15) is 0 Å².